The Bertz CT molecular complexity index is 1220. The number of fused-ring (bicyclic) bond motifs is 5. The molecular weight excluding hydrogens is 386 g/mol. The number of methoxy groups -OCH3 is 1. The third kappa shape index (κ3) is 2.82. The quantitative estimate of drug-likeness (QED) is 0.645. The van der Waals surface area contributed by atoms with Crippen LogP contribution in [0.25, 0.3) is 11.1 Å². The van der Waals surface area contributed by atoms with Crippen LogP contribution in [0.15, 0.2) is 59.5 Å². The highest BCUT2D eigenvalue weighted by Gasteiger charge is 2.34. The fourth-order valence-corrected chi connectivity index (χ4v) is 5.58. The van der Waals surface area contributed by atoms with E-state index in [9.17, 15) is 8.42 Å². The summed E-state index contributed by atoms with van der Waals surface area (Å²) in [6, 6.07) is 16.6. The van der Waals surface area contributed by atoms with E-state index in [-0.39, 0.29) is 11.4 Å². The summed E-state index contributed by atoms with van der Waals surface area (Å²) in [5.74, 6) is 0.695. The molecule has 3 aromatic rings. The maximum absolute atomic E-state index is 13.5. The number of sulfonamides is 1. The van der Waals surface area contributed by atoms with Gasteiger partial charge in [-0.05, 0) is 59.5 Å². The minimum Gasteiger partial charge on any atom is -0.497 e. The highest BCUT2D eigenvalue weighted by Crippen LogP contribution is 2.46. The highest BCUT2D eigenvalue weighted by molar-refractivity contribution is 7.92. The maximum atomic E-state index is 13.5. The molecule has 0 bridgehead atoms. The van der Waals surface area contributed by atoms with Crippen LogP contribution in [0.2, 0.25) is 0 Å². The van der Waals surface area contributed by atoms with Crippen molar-refractivity contribution in [2.45, 2.75) is 31.6 Å². The molecule has 0 saturated carbocycles. The molecule has 5 rings (SSSR count). The van der Waals surface area contributed by atoms with E-state index < -0.39 is 10.0 Å². The summed E-state index contributed by atoms with van der Waals surface area (Å²) in [6.45, 7) is 3.36. The van der Waals surface area contributed by atoms with Crippen LogP contribution in [0.1, 0.15) is 22.3 Å². The van der Waals surface area contributed by atoms with Gasteiger partial charge in [-0.3, -0.25) is 4.31 Å². The lowest BCUT2D eigenvalue weighted by Gasteiger charge is -2.33. The van der Waals surface area contributed by atoms with Crippen molar-refractivity contribution in [2.75, 3.05) is 11.4 Å². The molecule has 0 unspecified atom stereocenters. The monoisotopic (exact) mass is 407 g/mol. The SMILES string of the molecule is COc1ccc2c(c1)-c1c(ccc3c1COC3)CN2S(=O)(=O)c1ccc(C)cc1. The normalized spacial score (nSPS) is 14.9. The van der Waals surface area contributed by atoms with E-state index in [1.54, 1.807) is 25.3 Å². The maximum Gasteiger partial charge on any atom is 0.264 e. The van der Waals surface area contributed by atoms with E-state index in [1.165, 1.54) is 4.31 Å². The first-order valence-corrected chi connectivity index (χ1v) is 10.9. The molecule has 0 fully saturated rings. The van der Waals surface area contributed by atoms with Crippen LogP contribution < -0.4 is 9.04 Å². The molecule has 0 amide bonds. The zero-order valence-electron chi connectivity index (χ0n) is 16.3. The lowest BCUT2D eigenvalue weighted by molar-refractivity contribution is 0.134. The molecule has 2 heterocycles. The van der Waals surface area contributed by atoms with Crippen LogP contribution in [0, 0.1) is 6.92 Å². The van der Waals surface area contributed by atoms with Crippen molar-refractivity contribution >= 4 is 15.7 Å². The summed E-state index contributed by atoms with van der Waals surface area (Å²) >= 11 is 0. The van der Waals surface area contributed by atoms with Gasteiger partial charge in [-0.15, -0.1) is 0 Å². The van der Waals surface area contributed by atoms with Gasteiger partial charge in [0.15, 0.2) is 0 Å². The van der Waals surface area contributed by atoms with E-state index in [0.717, 1.165) is 33.4 Å². The predicted molar refractivity (Wildman–Crippen MR) is 111 cm³/mol. The Morgan fingerprint density at radius 2 is 1.72 bits per heavy atom. The first-order chi connectivity index (χ1) is 14.0. The number of rotatable bonds is 3. The summed E-state index contributed by atoms with van der Waals surface area (Å²) < 4.78 is 39.7. The van der Waals surface area contributed by atoms with Crippen molar-refractivity contribution in [1.29, 1.82) is 0 Å². The molecule has 29 heavy (non-hydrogen) atoms. The van der Waals surface area contributed by atoms with Crippen molar-refractivity contribution < 1.29 is 17.9 Å². The van der Waals surface area contributed by atoms with Crippen molar-refractivity contribution in [3.8, 4) is 16.9 Å². The minimum atomic E-state index is -3.71. The Kier molecular flexibility index (Phi) is 4.15. The number of aryl methyl sites for hydroxylation is 1. The summed E-state index contributed by atoms with van der Waals surface area (Å²) in [5.41, 5.74) is 6.91. The molecule has 0 spiro atoms. The lowest BCUT2D eigenvalue weighted by atomic mass is 9.88. The van der Waals surface area contributed by atoms with Crippen LogP contribution in [0.5, 0.6) is 5.75 Å². The number of hydrogen-bond donors (Lipinski definition) is 0. The number of nitrogens with zero attached hydrogens (tertiary/aromatic N) is 1. The minimum absolute atomic E-state index is 0.290. The zero-order chi connectivity index (χ0) is 20.2. The second-order valence-corrected chi connectivity index (χ2v) is 9.30. The highest BCUT2D eigenvalue weighted by atomic mass is 32.2. The molecule has 6 heteroatoms. The third-order valence-corrected chi connectivity index (χ3v) is 7.44. The Hall–Kier alpha value is -2.83. The Balaban J connectivity index is 1.72. The van der Waals surface area contributed by atoms with Crippen molar-refractivity contribution in [3.05, 3.63) is 76.9 Å². The van der Waals surface area contributed by atoms with E-state index in [1.807, 2.05) is 43.3 Å². The van der Waals surface area contributed by atoms with Crippen molar-refractivity contribution in [2.24, 2.45) is 0 Å². The van der Waals surface area contributed by atoms with Crippen LogP contribution in [0.3, 0.4) is 0 Å². The molecular formula is C23H21NO4S. The second-order valence-electron chi connectivity index (χ2n) is 7.44. The first kappa shape index (κ1) is 18.2. The van der Waals surface area contributed by atoms with Gasteiger partial charge in [0, 0.05) is 5.56 Å². The molecule has 0 aromatic heterocycles. The van der Waals surface area contributed by atoms with Gasteiger partial charge in [-0.2, -0.15) is 0 Å². The molecule has 0 atom stereocenters. The molecule has 2 aliphatic heterocycles. The number of ether oxygens (including phenoxy) is 2. The smallest absolute Gasteiger partial charge is 0.264 e. The van der Waals surface area contributed by atoms with E-state index >= 15 is 0 Å². The molecule has 0 N–H and O–H groups in total. The summed E-state index contributed by atoms with van der Waals surface area (Å²) in [6.07, 6.45) is 0. The van der Waals surface area contributed by atoms with Gasteiger partial charge in [0.2, 0.25) is 0 Å². The molecule has 3 aromatic carbocycles. The van der Waals surface area contributed by atoms with Crippen molar-refractivity contribution in [1.82, 2.24) is 0 Å². The Labute approximate surface area is 170 Å². The number of hydrogen-bond acceptors (Lipinski definition) is 4. The van der Waals surface area contributed by atoms with Gasteiger partial charge in [0.1, 0.15) is 5.75 Å². The van der Waals surface area contributed by atoms with E-state index in [2.05, 4.69) is 0 Å². The summed E-state index contributed by atoms with van der Waals surface area (Å²) in [5, 5.41) is 0. The van der Waals surface area contributed by atoms with Crippen LogP contribution in [0.4, 0.5) is 5.69 Å². The van der Waals surface area contributed by atoms with Gasteiger partial charge in [0.05, 0.1) is 37.5 Å². The fourth-order valence-electron chi connectivity index (χ4n) is 4.12. The zero-order valence-corrected chi connectivity index (χ0v) is 17.1. The average molecular weight is 407 g/mol. The van der Waals surface area contributed by atoms with Crippen molar-refractivity contribution in [3.63, 3.8) is 0 Å². The molecule has 2 aliphatic rings. The largest absolute Gasteiger partial charge is 0.497 e. The number of anilines is 1. The van der Waals surface area contributed by atoms with Gasteiger partial charge < -0.3 is 9.47 Å². The molecule has 5 nitrogen and oxygen atoms in total. The average Bonchev–Trinajstić information content (AvgIpc) is 3.21. The predicted octanol–water partition coefficient (Wildman–Crippen LogP) is 4.41. The lowest BCUT2D eigenvalue weighted by Crippen LogP contribution is -2.33. The van der Waals surface area contributed by atoms with Crippen LogP contribution >= 0.6 is 0 Å². The number of benzene rings is 3. The topological polar surface area (TPSA) is 55.8 Å². The second kappa shape index (κ2) is 6.61. The van der Waals surface area contributed by atoms with Gasteiger partial charge in [0.25, 0.3) is 10.0 Å². The molecule has 0 saturated heterocycles. The molecule has 0 aliphatic carbocycles. The molecule has 148 valence electrons. The van der Waals surface area contributed by atoms with E-state index in [0.29, 0.717) is 24.7 Å². The Morgan fingerprint density at radius 1 is 0.966 bits per heavy atom. The summed E-state index contributed by atoms with van der Waals surface area (Å²) in [7, 11) is -2.09. The Morgan fingerprint density at radius 3 is 2.48 bits per heavy atom. The standard InChI is InChI=1S/C23H21NO4S/c1-15-3-8-19(9-4-15)29(25,26)24-12-16-5-6-17-13-28-14-21(17)23(16)20-11-18(27-2)7-10-22(20)24/h3-11H,12-14H2,1-2H3. The first-order valence-electron chi connectivity index (χ1n) is 9.48. The van der Waals surface area contributed by atoms with Crippen LogP contribution in [-0.2, 0) is 34.5 Å². The summed E-state index contributed by atoms with van der Waals surface area (Å²) in [4.78, 5) is 0.290. The van der Waals surface area contributed by atoms with Gasteiger partial charge in [-0.1, -0.05) is 29.8 Å². The van der Waals surface area contributed by atoms with Crippen LogP contribution in [-0.4, -0.2) is 15.5 Å². The fraction of sp³-hybridized carbons (Fsp3) is 0.217. The van der Waals surface area contributed by atoms with Gasteiger partial charge >= 0.3 is 0 Å². The third-order valence-electron chi connectivity index (χ3n) is 5.66. The van der Waals surface area contributed by atoms with E-state index in [4.69, 9.17) is 9.47 Å². The van der Waals surface area contributed by atoms with Gasteiger partial charge in [-0.25, -0.2) is 8.42 Å². The molecule has 0 radical (unpaired) electrons.